The van der Waals surface area contributed by atoms with Crippen LogP contribution in [0, 0.1) is 6.92 Å². The number of aromatic nitrogens is 2. The molecule has 1 aliphatic carbocycles. The molecule has 0 bridgehead atoms. The Morgan fingerprint density at radius 1 is 1.24 bits per heavy atom. The maximum Gasteiger partial charge on any atom is 0.125 e. The number of anilines is 1. The molecule has 0 spiro atoms. The predicted octanol–water partition coefficient (Wildman–Crippen LogP) is 1.59. The Labute approximate surface area is 102 Å². The zero-order valence-electron chi connectivity index (χ0n) is 10.4. The van der Waals surface area contributed by atoms with E-state index in [4.69, 9.17) is 5.73 Å². The van der Waals surface area contributed by atoms with E-state index in [-0.39, 0.29) is 0 Å². The largest absolute Gasteiger partial charge is 0.369 e. The molecule has 0 amide bonds. The van der Waals surface area contributed by atoms with Crippen molar-refractivity contribution in [3.8, 4) is 0 Å². The van der Waals surface area contributed by atoms with Crippen LogP contribution >= 0.6 is 0 Å². The number of piperidine rings is 1. The van der Waals surface area contributed by atoms with Gasteiger partial charge in [0, 0.05) is 25.0 Å². The molecular weight excluding hydrogens is 212 g/mol. The lowest BCUT2D eigenvalue weighted by molar-refractivity contribution is 0.499. The Balaban J connectivity index is 1.86. The molecule has 1 aromatic rings. The molecule has 1 aliphatic heterocycles. The number of hydrogen-bond acceptors (Lipinski definition) is 4. The van der Waals surface area contributed by atoms with Crippen LogP contribution in [0.2, 0.25) is 0 Å². The lowest BCUT2D eigenvalue weighted by atomic mass is 10.0. The second kappa shape index (κ2) is 4.26. The molecule has 1 aromatic heterocycles. The van der Waals surface area contributed by atoms with Crippen molar-refractivity contribution >= 4 is 5.69 Å². The lowest BCUT2D eigenvalue weighted by Crippen LogP contribution is -2.40. The van der Waals surface area contributed by atoms with Gasteiger partial charge in [-0.05, 0) is 32.6 Å². The maximum absolute atomic E-state index is 5.95. The van der Waals surface area contributed by atoms with E-state index in [1.165, 1.54) is 24.2 Å². The lowest BCUT2D eigenvalue weighted by Gasteiger charge is -2.32. The fourth-order valence-electron chi connectivity index (χ4n) is 2.52. The summed E-state index contributed by atoms with van der Waals surface area (Å²) in [5.74, 6) is 1.58. The van der Waals surface area contributed by atoms with E-state index in [0.29, 0.717) is 12.0 Å². The highest BCUT2D eigenvalue weighted by Crippen LogP contribution is 2.43. The highest BCUT2D eigenvalue weighted by atomic mass is 15.2. The number of nitrogens with two attached hydrogens (primary N) is 1. The Bertz CT molecular complexity index is 406. The number of hydrogen-bond donors (Lipinski definition) is 1. The molecule has 4 heteroatoms. The van der Waals surface area contributed by atoms with E-state index in [1.54, 1.807) is 0 Å². The molecule has 1 saturated carbocycles. The number of aryl methyl sites for hydroxylation is 1. The van der Waals surface area contributed by atoms with Gasteiger partial charge >= 0.3 is 0 Å². The number of nitrogens with zero attached hydrogens (tertiary/aromatic N) is 3. The van der Waals surface area contributed by atoms with Crippen molar-refractivity contribution in [3.63, 3.8) is 0 Å². The maximum atomic E-state index is 5.95. The van der Waals surface area contributed by atoms with Crippen molar-refractivity contribution in [1.29, 1.82) is 0 Å². The Morgan fingerprint density at radius 3 is 2.59 bits per heavy atom. The van der Waals surface area contributed by atoms with Crippen molar-refractivity contribution in [3.05, 3.63) is 17.7 Å². The van der Waals surface area contributed by atoms with Gasteiger partial charge in [-0.25, -0.2) is 9.97 Å². The summed E-state index contributed by atoms with van der Waals surface area (Å²) in [7, 11) is 0. The van der Waals surface area contributed by atoms with Gasteiger partial charge in [0.25, 0.3) is 0 Å². The molecule has 0 atom stereocenters. The molecule has 92 valence electrons. The van der Waals surface area contributed by atoms with Crippen molar-refractivity contribution in [1.82, 2.24) is 9.97 Å². The standard InChI is InChI=1S/C13H20N4/c1-9-15-8-12(13(16-9)10-2-3-10)17-6-4-11(14)5-7-17/h8,10-11H,2-7,14H2,1H3. The van der Waals surface area contributed by atoms with Crippen molar-refractivity contribution in [2.45, 2.75) is 44.6 Å². The van der Waals surface area contributed by atoms with Crippen LogP contribution in [0.15, 0.2) is 6.20 Å². The molecular formula is C13H20N4. The van der Waals surface area contributed by atoms with Crippen LogP contribution in [-0.4, -0.2) is 29.1 Å². The van der Waals surface area contributed by atoms with E-state index < -0.39 is 0 Å². The van der Waals surface area contributed by atoms with E-state index in [0.717, 1.165) is 31.8 Å². The molecule has 0 unspecified atom stereocenters. The van der Waals surface area contributed by atoms with Gasteiger partial charge in [-0.15, -0.1) is 0 Å². The fourth-order valence-corrected chi connectivity index (χ4v) is 2.52. The van der Waals surface area contributed by atoms with Crippen molar-refractivity contribution < 1.29 is 0 Å². The van der Waals surface area contributed by atoms with E-state index in [2.05, 4.69) is 14.9 Å². The van der Waals surface area contributed by atoms with Crippen LogP contribution < -0.4 is 10.6 Å². The van der Waals surface area contributed by atoms with Gasteiger partial charge in [-0.2, -0.15) is 0 Å². The average molecular weight is 232 g/mol. The minimum atomic E-state index is 0.377. The molecule has 0 aromatic carbocycles. The van der Waals surface area contributed by atoms with Crippen LogP contribution in [0.25, 0.3) is 0 Å². The summed E-state index contributed by atoms with van der Waals surface area (Å²) >= 11 is 0. The summed E-state index contributed by atoms with van der Waals surface area (Å²) in [6.07, 6.45) is 6.75. The summed E-state index contributed by atoms with van der Waals surface area (Å²) in [5, 5.41) is 0. The first-order valence-electron chi connectivity index (χ1n) is 6.58. The molecule has 0 radical (unpaired) electrons. The Kier molecular flexibility index (Phi) is 2.74. The molecule has 1 saturated heterocycles. The molecule has 2 N–H and O–H groups in total. The van der Waals surface area contributed by atoms with Crippen LogP contribution in [-0.2, 0) is 0 Å². The van der Waals surface area contributed by atoms with Crippen molar-refractivity contribution in [2.24, 2.45) is 5.73 Å². The first kappa shape index (κ1) is 11.0. The summed E-state index contributed by atoms with van der Waals surface area (Å²) in [6, 6.07) is 0.377. The smallest absolute Gasteiger partial charge is 0.125 e. The monoisotopic (exact) mass is 232 g/mol. The number of rotatable bonds is 2. The Morgan fingerprint density at radius 2 is 1.94 bits per heavy atom. The molecule has 3 rings (SSSR count). The summed E-state index contributed by atoms with van der Waals surface area (Å²) in [6.45, 7) is 4.07. The highest BCUT2D eigenvalue weighted by Gasteiger charge is 2.30. The van der Waals surface area contributed by atoms with Crippen molar-refractivity contribution in [2.75, 3.05) is 18.0 Å². The van der Waals surface area contributed by atoms with Gasteiger partial charge in [0.1, 0.15) is 5.82 Å². The molecule has 2 aliphatic rings. The zero-order valence-corrected chi connectivity index (χ0v) is 10.4. The van der Waals surface area contributed by atoms with E-state index >= 15 is 0 Å². The molecule has 4 nitrogen and oxygen atoms in total. The van der Waals surface area contributed by atoms with Gasteiger partial charge in [0.05, 0.1) is 17.6 Å². The molecule has 17 heavy (non-hydrogen) atoms. The topological polar surface area (TPSA) is 55.0 Å². The second-order valence-corrected chi connectivity index (χ2v) is 5.29. The van der Waals surface area contributed by atoms with E-state index in [1.807, 2.05) is 13.1 Å². The first-order valence-corrected chi connectivity index (χ1v) is 6.58. The normalized spacial score (nSPS) is 21.9. The van der Waals surface area contributed by atoms with Crippen LogP contribution in [0.5, 0.6) is 0 Å². The van der Waals surface area contributed by atoms with Gasteiger partial charge in [-0.1, -0.05) is 0 Å². The van der Waals surface area contributed by atoms with Gasteiger partial charge in [0.2, 0.25) is 0 Å². The second-order valence-electron chi connectivity index (χ2n) is 5.29. The van der Waals surface area contributed by atoms with Gasteiger partial charge < -0.3 is 10.6 Å². The van der Waals surface area contributed by atoms with E-state index in [9.17, 15) is 0 Å². The average Bonchev–Trinajstić information content (AvgIpc) is 3.14. The third-order valence-electron chi connectivity index (χ3n) is 3.76. The quantitative estimate of drug-likeness (QED) is 0.841. The predicted molar refractivity (Wildman–Crippen MR) is 68.2 cm³/mol. The SMILES string of the molecule is Cc1ncc(N2CCC(N)CC2)c(C2CC2)n1. The Hall–Kier alpha value is -1.16. The third-order valence-corrected chi connectivity index (χ3v) is 3.76. The first-order chi connectivity index (χ1) is 8.24. The van der Waals surface area contributed by atoms with Crippen LogP contribution in [0.1, 0.15) is 43.1 Å². The zero-order chi connectivity index (χ0) is 11.8. The molecule has 2 fully saturated rings. The molecule has 2 heterocycles. The highest BCUT2D eigenvalue weighted by molar-refractivity contribution is 5.52. The van der Waals surface area contributed by atoms with Gasteiger partial charge in [-0.3, -0.25) is 0 Å². The third kappa shape index (κ3) is 2.27. The van der Waals surface area contributed by atoms with Crippen LogP contribution in [0.3, 0.4) is 0 Å². The minimum Gasteiger partial charge on any atom is -0.369 e. The summed E-state index contributed by atoms with van der Waals surface area (Å²) in [4.78, 5) is 11.4. The van der Waals surface area contributed by atoms with Gasteiger partial charge in [0.15, 0.2) is 0 Å². The fraction of sp³-hybridized carbons (Fsp3) is 0.692. The van der Waals surface area contributed by atoms with Crippen LogP contribution in [0.4, 0.5) is 5.69 Å². The summed E-state index contributed by atoms with van der Waals surface area (Å²) in [5.41, 5.74) is 8.48. The minimum absolute atomic E-state index is 0.377. The summed E-state index contributed by atoms with van der Waals surface area (Å²) < 4.78 is 0.